The summed E-state index contributed by atoms with van der Waals surface area (Å²) in [4.78, 5) is 3.93. The topological polar surface area (TPSA) is 52.0 Å². The van der Waals surface area contributed by atoms with Gasteiger partial charge in [-0.25, -0.2) is 9.67 Å². The summed E-state index contributed by atoms with van der Waals surface area (Å²) in [6.07, 6.45) is 3.11. The fraction of sp³-hybridized carbons (Fsp3) is 0.273. The lowest BCUT2D eigenvalue weighted by molar-refractivity contribution is 0.0211. The van der Waals surface area contributed by atoms with Gasteiger partial charge in [-0.2, -0.15) is 5.10 Å². The van der Waals surface area contributed by atoms with Gasteiger partial charge in [0.05, 0.1) is 30.0 Å². The van der Waals surface area contributed by atoms with E-state index in [1.54, 1.807) is 11.0 Å². The fourth-order valence-corrected chi connectivity index (χ4v) is 1.99. The van der Waals surface area contributed by atoms with Crippen molar-refractivity contribution >= 4 is 17.3 Å². The summed E-state index contributed by atoms with van der Waals surface area (Å²) in [7, 11) is 0. The molecule has 3 rings (SSSR count). The van der Waals surface area contributed by atoms with E-state index in [4.69, 9.17) is 16.3 Å². The zero-order chi connectivity index (χ0) is 11.7. The van der Waals surface area contributed by atoms with Crippen LogP contribution in [-0.2, 0) is 4.74 Å². The van der Waals surface area contributed by atoms with E-state index in [1.807, 2.05) is 18.2 Å². The highest BCUT2D eigenvalue weighted by Crippen LogP contribution is 2.28. The molecule has 2 heterocycles. The summed E-state index contributed by atoms with van der Waals surface area (Å²) in [5.41, 5.74) is 1.76. The van der Waals surface area contributed by atoms with Crippen LogP contribution >= 0.6 is 11.6 Å². The van der Waals surface area contributed by atoms with E-state index >= 15 is 0 Å². The van der Waals surface area contributed by atoms with Crippen LogP contribution in [0.25, 0.3) is 5.69 Å². The second kappa shape index (κ2) is 4.35. The van der Waals surface area contributed by atoms with Crippen molar-refractivity contribution in [1.82, 2.24) is 14.8 Å². The van der Waals surface area contributed by atoms with Crippen molar-refractivity contribution in [2.24, 2.45) is 0 Å². The summed E-state index contributed by atoms with van der Waals surface area (Å²) in [6.45, 7) is 1.45. The Labute approximate surface area is 103 Å². The monoisotopic (exact) mass is 250 g/mol. The number of hydrogen-bond donors (Lipinski definition) is 1. The molecule has 0 bridgehead atoms. The number of anilines is 1. The zero-order valence-electron chi connectivity index (χ0n) is 9.01. The third-order valence-corrected chi connectivity index (χ3v) is 2.94. The zero-order valence-corrected chi connectivity index (χ0v) is 9.76. The predicted molar refractivity (Wildman–Crippen MR) is 64.6 cm³/mol. The van der Waals surface area contributed by atoms with Gasteiger partial charge >= 0.3 is 0 Å². The number of rotatable bonds is 3. The molecule has 1 N–H and O–H groups in total. The molecule has 1 fully saturated rings. The molecule has 1 aromatic heterocycles. The molecular weight excluding hydrogens is 240 g/mol. The Kier molecular flexibility index (Phi) is 2.70. The van der Waals surface area contributed by atoms with E-state index < -0.39 is 0 Å². The minimum absolute atomic E-state index is 0.343. The number of para-hydroxylation sites is 1. The number of benzene rings is 1. The molecule has 0 spiro atoms. The molecule has 2 aromatic rings. The van der Waals surface area contributed by atoms with E-state index in [-0.39, 0.29) is 0 Å². The molecule has 1 saturated heterocycles. The van der Waals surface area contributed by atoms with Crippen LogP contribution in [-0.4, -0.2) is 34.0 Å². The summed E-state index contributed by atoms with van der Waals surface area (Å²) < 4.78 is 6.79. The van der Waals surface area contributed by atoms with Gasteiger partial charge in [0.25, 0.3) is 0 Å². The number of halogens is 1. The number of nitrogens with zero attached hydrogens (tertiary/aromatic N) is 3. The van der Waals surface area contributed by atoms with Gasteiger partial charge in [0.1, 0.15) is 18.3 Å². The number of ether oxygens (including phenoxy) is 1. The molecule has 17 heavy (non-hydrogen) atoms. The summed E-state index contributed by atoms with van der Waals surface area (Å²) in [5, 5.41) is 8.13. The van der Waals surface area contributed by atoms with Crippen molar-refractivity contribution < 1.29 is 4.74 Å². The van der Waals surface area contributed by atoms with Crippen LogP contribution < -0.4 is 5.32 Å². The molecule has 1 aliphatic heterocycles. The fourth-order valence-electron chi connectivity index (χ4n) is 1.73. The van der Waals surface area contributed by atoms with Crippen LogP contribution in [0.1, 0.15) is 0 Å². The minimum Gasteiger partial charge on any atom is -0.377 e. The number of hydrogen-bond acceptors (Lipinski definition) is 4. The first kappa shape index (κ1) is 10.6. The van der Waals surface area contributed by atoms with Crippen LogP contribution in [0, 0.1) is 0 Å². The maximum absolute atomic E-state index is 6.21. The van der Waals surface area contributed by atoms with Gasteiger partial charge in [0.15, 0.2) is 0 Å². The first-order chi connectivity index (χ1) is 8.34. The van der Waals surface area contributed by atoms with E-state index in [2.05, 4.69) is 15.4 Å². The molecule has 88 valence electrons. The lowest BCUT2D eigenvalue weighted by Crippen LogP contribution is -2.40. The molecule has 6 heteroatoms. The van der Waals surface area contributed by atoms with E-state index in [0.717, 1.165) is 24.6 Å². The van der Waals surface area contributed by atoms with Gasteiger partial charge in [-0.05, 0) is 12.1 Å². The lowest BCUT2D eigenvalue weighted by atomic mass is 10.2. The van der Waals surface area contributed by atoms with Crippen molar-refractivity contribution in [3.8, 4) is 5.69 Å². The van der Waals surface area contributed by atoms with E-state index in [0.29, 0.717) is 11.1 Å². The van der Waals surface area contributed by atoms with Crippen molar-refractivity contribution in [3.63, 3.8) is 0 Å². The maximum Gasteiger partial charge on any atom is 0.138 e. The molecule has 0 saturated carbocycles. The third kappa shape index (κ3) is 1.99. The van der Waals surface area contributed by atoms with Gasteiger partial charge < -0.3 is 10.1 Å². The normalized spacial score (nSPS) is 15.6. The Hall–Kier alpha value is -1.59. The quantitative estimate of drug-likeness (QED) is 0.902. The van der Waals surface area contributed by atoms with Gasteiger partial charge in [0.2, 0.25) is 0 Å². The Morgan fingerprint density at radius 1 is 1.41 bits per heavy atom. The molecule has 0 unspecified atom stereocenters. The molecule has 5 nitrogen and oxygen atoms in total. The van der Waals surface area contributed by atoms with Gasteiger partial charge in [-0.15, -0.1) is 0 Å². The predicted octanol–water partition coefficient (Wildman–Crippen LogP) is 1.73. The summed E-state index contributed by atoms with van der Waals surface area (Å²) in [6, 6.07) is 6.06. The first-order valence-corrected chi connectivity index (χ1v) is 5.70. The third-order valence-electron chi connectivity index (χ3n) is 2.63. The summed E-state index contributed by atoms with van der Waals surface area (Å²) in [5.74, 6) is 0. The van der Waals surface area contributed by atoms with Crippen molar-refractivity contribution in [2.45, 2.75) is 6.04 Å². The number of nitrogens with one attached hydrogen (secondary N) is 1. The van der Waals surface area contributed by atoms with Crippen LogP contribution in [0.3, 0.4) is 0 Å². The van der Waals surface area contributed by atoms with E-state index in [9.17, 15) is 0 Å². The first-order valence-electron chi connectivity index (χ1n) is 5.32. The second-order valence-electron chi connectivity index (χ2n) is 3.85. The van der Waals surface area contributed by atoms with Crippen molar-refractivity contribution in [2.75, 3.05) is 18.5 Å². The van der Waals surface area contributed by atoms with Crippen LogP contribution in [0.15, 0.2) is 30.9 Å². The minimum atomic E-state index is 0.343. The highest BCUT2D eigenvalue weighted by atomic mass is 35.5. The van der Waals surface area contributed by atoms with Gasteiger partial charge in [-0.1, -0.05) is 17.7 Å². The molecule has 0 radical (unpaired) electrons. The molecule has 0 aliphatic carbocycles. The average molecular weight is 251 g/mol. The Bertz CT molecular complexity index is 510. The van der Waals surface area contributed by atoms with Crippen LogP contribution in [0.5, 0.6) is 0 Å². The maximum atomic E-state index is 6.21. The highest BCUT2D eigenvalue weighted by Gasteiger charge is 2.20. The molecule has 1 aliphatic rings. The standard InChI is InChI=1S/C11H11ClN4O/c12-9-2-1-3-10(15-8-4-17-5-8)11(9)16-7-13-6-14-16/h1-3,6-8,15H,4-5H2. The van der Waals surface area contributed by atoms with Crippen LogP contribution in [0.4, 0.5) is 5.69 Å². The highest BCUT2D eigenvalue weighted by molar-refractivity contribution is 6.33. The van der Waals surface area contributed by atoms with Gasteiger partial charge in [0, 0.05) is 0 Å². The Balaban J connectivity index is 1.99. The summed E-state index contributed by atoms with van der Waals surface area (Å²) >= 11 is 6.21. The smallest absolute Gasteiger partial charge is 0.138 e. The molecule has 0 amide bonds. The van der Waals surface area contributed by atoms with Gasteiger partial charge in [-0.3, -0.25) is 0 Å². The average Bonchev–Trinajstić information content (AvgIpc) is 2.76. The Morgan fingerprint density at radius 3 is 2.94 bits per heavy atom. The second-order valence-corrected chi connectivity index (χ2v) is 4.26. The van der Waals surface area contributed by atoms with E-state index in [1.165, 1.54) is 6.33 Å². The van der Waals surface area contributed by atoms with Crippen molar-refractivity contribution in [1.29, 1.82) is 0 Å². The molecule has 0 atom stereocenters. The largest absolute Gasteiger partial charge is 0.377 e. The lowest BCUT2D eigenvalue weighted by Gasteiger charge is -2.28. The van der Waals surface area contributed by atoms with Crippen LogP contribution in [0.2, 0.25) is 5.02 Å². The SMILES string of the molecule is Clc1cccc(NC2COC2)c1-n1cncn1. The molecular formula is C11H11ClN4O. The molecule has 1 aromatic carbocycles. The Morgan fingerprint density at radius 2 is 2.29 bits per heavy atom. The number of aromatic nitrogens is 3. The van der Waals surface area contributed by atoms with Crippen molar-refractivity contribution in [3.05, 3.63) is 35.9 Å².